The third-order valence-corrected chi connectivity index (χ3v) is 5.69. The number of piperidine rings is 1. The zero-order valence-corrected chi connectivity index (χ0v) is 16.3. The zero-order valence-electron chi connectivity index (χ0n) is 13.9. The quantitative estimate of drug-likeness (QED) is 0.777. The minimum atomic E-state index is -0.504. The Morgan fingerprint density at radius 2 is 1.92 bits per heavy atom. The molecule has 1 N–H and O–H groups in total. The number of nitrogens with one attached hydrogen (secondary N) is 1. The van der Waals surface area contributed by atoms with Crippen LogP contribution in [0.3, 0.4) is 0 Å². The van der Waals surface area contributed by atoms with Crippen LogP contribution in [0.4, 0.5) is 4.39 Å². The molecule has 4 nitrogen and oxygen atoms in total. The zero-order chi connectivity index (χ0) is 17.1. The summed E-state index contributed by atoms with van der Waals surface area (Å²) in [5.74, 6) is -0.216. The Morgan fingerprint density at radius 1 is 1.20 bits per heavy atom. The largest absolute Gasteiger partial charge is 0.340 e. The molecule has 2 heterocycles. The summed E-state index contributed by atoms with van der Waals surface area (Å²) in [5, 5.41) is 3.51. The van der Waals surface area contributed by atoms with Gasteiger partial charge in [-0.25, -0.2) is 4.39 Å². The average Bonchev–Trinajstić information content (AvgIpc) is 2.62. The van der Waals surface area contributed by atoms with Crippen LogP contribution in [-0.4, -0.2) is 55.0 Å². The van der Waals surface area contributed by atoms with Crippen LogP contribution in [0.15, 0.2) is 12.1 Å². The van der Waals surface area contributed by atoms with E-state index in [-0.39, 0.29) is 34.3 Å². The van der Waals surface area contributed by atoms with Gasteiger partial charge >= 0.3 is 0 Å². The fourth-order valence-electron chi connectivity index (χ4n) is 3.47. The molecule has 8 heteroatoms. The van der Waals surface area contributed by atoms with Crippen molar-refractivity contribution in [2.75, 3.05) is 39.3 Å². The fraction of sp³-hybridized carbons (Fsp3) is 0.588. The lowest BCUT2D eigenvalue weighted by molar-refractivity contribution is -0.138. The van der Waals surface area contributed by atoms with Crippen molar-refractivity contribution in [1.29, 1.82) is 0 Å². The number of hydrogen-bond acceptors (Lipinski definition) is 3. The Morgan fingerprint density at radius 3 is 2.64 bits per heavy atom. The van der Waals surface area contributed by atoms with Crippen molar-refractivity contribution in [2.24, 2.45) is 5.92 Å². The Balaban J connectivity index is 0.00000225. The average molecular weight is 411 g/mol. The molecule has 0 aliphatic carbocycles. The van der Waals surface area contributed by atoms with Gasteiger partial charge in [0, 0.05) is 39.3 Å². The van der Waals surface area contributed by atoms with Gasteiger partial charge in [0.05, 0.1) is 16.0 Å². The number of nitrogens with zero attached hydrogens (tertiary/aromatic N) is 2. The number of piperazine rings is 1. The summed E-state index contributed by atoms with van der Waals surface area (Å²) in [5.41, 5.74) is 0.804. The van der Waals surface area contributed by atoms with Gasteiger partial charge in [-0.15, -0.1) is 12.4 Å². The van der Waals surface area contributed by atoms with Crippen molar-refractivity contribution in [3.8, 4) is 0 Å². The number of halogens is 4. The van der Waals surface area contributed by atoms with Gasteiger partial charge < -0.3 is 10.2 Å². The lowest BCUT2D eigenvalue weighted by Gasteiger charge is -2.36. The van der Waals surface area contributed by atoms with E-state index in [2.05, 4.69) is 10.2 Å². The summed E-state index contributed by atoms with van der Waals surface area (Å²) in [4.78, 5) is 16.9. The third kappa shape index (κ3) is 4.98. The maximum absolute atomic E-state index is 13.4. The second-order valence-electron chi connectivity index (χ2n) is 6.48. The van der Waals surface area contributed by atoms with Crippen LogP contribution in [0.25, 0.3) is 0 Å². The van der Waals surface area contributed by atoms with Gasteiger partial charge in [0.2, 0.25) is 5.91 Å². The van der Waals surface area contributed by atoms with Crippen LogP contribution in [-0.2, 0) is 11.3 Å². The summed E-state index contributed by atoms with van der Waals surface area (Å²) in [6.45, 7) is 5.52. The highest BCUT2D eigenvalue weighted by Crippen LogP contribution is 2.30. The van der Waals surface area contributed by atoms with Gasteiger partial charge in [0.15, 0.2) is 0 Å². The summed E-state index contributed by atoms with van der Waals surface area (Å²) < 4.78 is 13.4. The van der Waals surface area contributed by atoms with Gasteiger partial charge in [-0.1, -0.05) is 29.3 Å². The van der Waals surface area contributed by atoms with Gasteiger partial charge in [-0.3, -0.25) is 9.69 Å². The molecule has 2 aliphatic rings. The Labute approximate surface area is 164 Å². The lowest BCUT2D eigenvalue weighted by atomic mass is 9.95. The maximum atomic E-state index is 13.4. The van der Waals surface area contributed by atoms with E-state index in [4.69, 9.17) is 23.2 Å². The van der Waals surface area contributed by atoms with Crippen molar-refractivity contribution in [3.63, 3.8) is 0 Å². The molecule has 0 radical (unpaired) electrons. The van der Waals surface area contributed by atoms with Gasteiger partial charge in [-0.2, -0.15) is 0 Å². The Kier molecular flexibility index (Phi) is 7.77. The molecule has 0 saturated carbocycles. The molecule has 3 rings (SSSR count). The number of amides is 1. The van der Waals surface area contributed by atoms with E-state index in [0.29, 0.717) is 13.1 Å². The van der Waals surface area contributed by atoms with E-state index in [1.54, 1.807) is 6.07 Å². The second-order valence-corrected chi connectivity index (χ2v) is 7.24. The molecule has 0 spiro atoms. The predicted molar refractivity (Wildman–Crippen MR) is 101 cm³/mol. The topological polar surface area (TPSA) is 35.6 Å². The second kappa shape index (κ2) is 9.38. The number of carbonyl (C=O) groups is 1. The normalized spacial score (nSPS) is 21.7. The summed E-state index contributed by atoms with van der Waals surface area (Å²) in [6.07, 6.45) is 1.91. The van der Waals surface area contributed by atoms with Crippen LogP contribution in [0.2, 0.25) is 10.0 Å². The highest BCUT2D eigenvalue weighted by molar-refractivity contribution is 6.42. The van der Waals surface area contributed by atoms with Gasteiger partial charge in [-0.05, 0) is 31.0 Å². The van der Waals surface area contributed by atoms with E-state index in [0.717, 1.165) is 51.1 Å². The van der Waals surface area contributed by atoms with Crippen molar-refractivity contribution in [3.05, 3.63) is 33.6 Å². The lowest BCUT2D eigenvalue weighted by Crippen LogP contribution is -2.51. The van der Waals surface area contributed by atoms with Crippen LogP contribution in [0.5, 0.6) is 0 Å². The molecule has 0 aromatic heterocycles. The van der Waals surface area contributed by atoms with Crippen molar-refractivity contribution >= 4 is 41.5 Å². The molecule has 2 aliphatic heterocycles. The Hall–Kier alpha value is -0.590. The highest BCUT2D eigenvalue weighted by Gasteiger charge is 2.30. The SMILES string of the molecule is Cl.O=C(C1CCCN(Cc2ccc(F)c(Cl)c2Cl)C1)N1CCNCC1. The molecule has 0 bridgehead atoms. The van der Waals surface area contributed by atoms with Gasteiger partial charge in [0.25, 0.3) is 0 Å². The first-order chi connectivity index (χ1) is 11.6. The molecule has 2 saturated heterocycles. The first kappa shape index (κ1) is 20.7. The number of carbonyl (C=O) groups excluding carboxylic acids is 1. The number of likely N-dealkylation sites (tertiary alicyclic amines) is 1. The molecule has 2 fully saturated rings. The van der Waals surface area contributed by atoms with Crippen LogP contribution >= 0.6 is 35.6 Å². The minimum Gasteiger partial charge on any atom is -0.340 e. The first-order valence-electron chi connectivity index (χ1n) is 8.40. The van der Waals surface area contributed by atoms with E-state index in [1.165, 1.54) is 6.07 Å². The van der Waals surface area contributed by atoms with Crippen molar-refractivity contribution < 1.29 is 9.18 Å². The van der Waals surface area contributed by atoms with E-state index < -0.39 is 5.82 Å². The monoisotopic (exact) mass is 409 g/mol. The van der Waals surface area contributed by atoms with Gasteiger partial charge in [0.1, 0.15) is 5.82 Å². The molecular weight excluding hydrogens is 388 g/mol. The van der Waals surface area contributed by atoms with Crippen molar-refractivity contribution in [1.82, 2.24) is 15.1 Å². The van der Waals surface area contributed by atoms with E-state index in [1.807, 2.05) is 4.90 Å². The molecule has 1 unspecified atom stereocenters. The maximum Gasteiger partial charge on any atom is 0.227 e. The standard InChI is InChI=1S/C17H22Cl2FN3O.ClH/c18-15-12(3-4-14(20)16(15)19)10-22-7-1-2-13(11-22)17(24)23-8-5-21-6-9-23;/h3-4,13,21H,1-2,5-11H2;1H. The number of benzene rings is 1. The molecule has 25 heavy (non-hydrogen) atoms. The predicted octanol–water partition coefficient (Wildman–Crippen LogP) is 3.20. The summed E-state index contributed by atoms with van der Waals surface area (Å²) in [7, 11) is 0. The van der Waals surface area contributed by atoms with E-state index >= 15 is 0 Å². The van der Waals surface area contributed by atoms with Crippen molar-refractivity contribution in [2.45, 2.75) is 19.4 Å². The summed E-state index contributed by atoms with van der Waals surface area (Å²) in [6, 6.07) is 3.02. The van der Waals surface area contributed by atoms with E-state index in [9.17, 15) is 9.18 Å². The summed E-state index contributed by atoms with van der Waals surface area (Å²) >= 11 is 12.0. The molecule has 1 atom stereocenters. The van der Waals surface area contributed by atoms with Crippen LogP contribution in [0.1, 0.15) is 18.4 Å². The minimum absolute atomic E-state index is 0. The molecule has 1 aromatic rings. The third-order valence-electron chi connectivity index (χ3n) is 4.79. The first-order valence-corrected chi connectivity index (χ1v) is 9.16. The number of rotatable bonds is 3. The molecule has 1 amide bonds. The molecule has 140 valence electrons. The molecule has 1 aromatic carbocycles. The van der Waals surface area contributed by atoms with Crippen LogP contribution < -0.4 is 5.32 Å². The Bertz CT molecular complexity index is 611. The molecular formula is C17H23Cl3FN3O. The smallest absolute Gasteiger partial charge is 0.227 e. The highest BCUT2D eigenvalue weighted by atomic mass is 35.5. The number of hydrogen-bond donors (Lipinski definition) is 1. The fourth-order valence-corrected chi connectivity index (χ4v) is 3.87. The van der Waals surface area contributed by atoms with Crippen LogP contribution in [0, 0.1) is 11.7 Å².